The summed E-state index contributed by atoms with van der Waals surface area (Å²) in [7, 11) is 0. The maximum Gasteiger partial charge on any atom is 2.00 e. The second-order valence-corrected chi connectivity index (χ2v) is 14.2. The molecule has 0 amide bonds. The van der Waals surface area contributed by atoms with E-state index in [4.69, 9.17) is 49.7 Å². The van der Waals surface area contributed by atoms with Gasteiger partial charge in [0.25, 0.3) is 0 Å². The van der Waals surface area contributed by atoms with Crippen molar-refractivity contribution < 1.29 is 16.5 Å². The summed E-state index contributed by atoms with van der Waals surface area (Å²) in [6.45, 7) is 8.88. The minimum absolute atomic E-state index is 0. The van der Waals surface area contributed by atoms with Gasteiger partial charge in [0.1, 0.15) is 0 Å². The average molecular weight is 772 g/mol. The summed E-state index contributed by atoms with van der Waals surface area (Å²) in [6.07, 6.45) is 13.6. The van der Waals surface area contributed by atoms with Crippen LogP contribution < -0.4 is 9.80 Å². The van der Waals surface area contributed by atoms with E-state index in [1.165, 1.54) is 73.6 Å². The molecule has 0 N–H and O–H groups in total. The van der Waals surface area contributed by atoms with Gasteiger partial charge < -0.3 is 59.5 Å². The van der Waals surface area contributed by atoms with Gasteiger partial charge in [0.05, 0.1) is 0 Å². The molecule has 0 unspecified atom stereocenters. The molecular weight excluding hydrogens is 719 g/mol. The molecule has 4 aromatic carbocycles. The van der Waals surface area contributed by atoms with Gasteiger partial charge in [0, 0.05) is 22.7 Å². The summed E-state index contributed by atoms with van der Waals surface area (Å²) in [5, 5.41) is 0. The Balaban J connectivity index is 0.000000333. The van der Waals surface area contributed by atoms with Crippen LogP contribution in [0.25, 0.3) is 0 Å². The fraction of sp³-hybridized carbons (Fsp3) is 0.381. The van der Waals surface area contributed by atoms with Gasteiger partial charge in [0.15, 0.2) is 0 Å². The van der Waals surface area contributed by atoms with Crippen molar-refractivity contribution in [3.63, 3.8) is 0 Å². The molecule has 0 saturated heterocycles. The van der Waals surface area contributed by atoms with Gasteiger partial charge in [0.2, 0.25) is 0 Å². The van der Waals surface area contributed by atoms with Crippen LogP contribution in [-0.4, -0.2) is 8.64 Å². The molecule has 0 aliphatic carbocycles. The molecule has 4 aromatic rings. The van der Waals surface area contributed by atoms with Crippen molar-refractivity contribution in [3.8, 4) is 0 Å². The molecule has 0 spiro atoms. The number of nitrogens with zero attached hydrogens (tertiary/aromatic N) is 2. The first-order valence-electron chi connectivity index (χ1n) is 17.7. The van der Waals surface area contributed by atoms with Crippen molar-refractivity contribution in [1.82, 2.24) is 0 Å². The third-order valence-corrected chi connectivity index (χ3v) is 9.22. The van der Waals surface area contributed by atoms with E-state index in [1.807, 2.05) is 0 Å². The summed E-state index contributed by atoms with van der Waals surface area (Å²) in [5.74, 6) is 0. The van der Waals surface area contributed by atoms with Crippen molar-refractivity contribution >= 4 is 81.1 Å². The van der Waals surface area contributed by atoms with Gasteiger partial charge in [-0.05, 0) is 97.9 Å². The number of thiocarbonyl (C=S) groups is 2. The molecule has 0 aliphatic heterocycles. The Hall–Kier alpha value is -2.41. The number of anilines is 4. The van der Waals surface area contributed by atoms with E-state index in [2.05, 4.69) is 135 Å². The first-order chi connectivity index (χ1) is 23.4. The van der Waals surface area contributed by atoms with Crippen LogP contribution in [0.5, 0.6) is 0 Å². The van der Waals surface area contributed by atoms with Crippen LogP contribution in [0.15, 0.2) is 97.1 Å². The van der Waals surface area contributed by atoms with Gasteiger partial charge in [-0.15, -0.1) is 0 Å². The van der Waals surface area contributed by atoms with E-state index in [1.54, 1.807) is 0 Å². The number of hydrogen-bond donors (Lipinski definition) is 0. The minimum Gasteiger partial charge on any atom is -0.411 e. The first-order valence-corrected chi connectivity index (χ1v) is 19.3. The largest absolute Gasteiger partial charge is 2.00 e. The zero-order valence-corrected chi connectivity index (χ0v) is 33.8. The number of hydrogen-bond acceptors (Lipinski definition) is 4. The quantitative estimate of drug-likeness (QED) is 0.0631. The van der Waals surface area contributed by atoms with Crippen molar-refractivity contribution in [2.75, 3.05) is 9.80 Å². The zero-order valence-electron chi connectivity index (χ0n) is 29.6. The molecule has 0 atom stereocenters. The van der Waals surface area contributed by atoms with E-state index in [0.717, 1.165) is 48.4 Å². The van der Waals surface area contributed by atoms with Crippen molar-refractivity contribution in [1.29, 1.82) is 0 Å². The van der Waals surface area contributed by atoms with Crippen molar-refractivity contribution in [2.24, 2.45) is 0 Å². The van der Waals surface area contributed by atoms with E-state index in [0.29, 0.717) is 8.64 Å². The van der Waals surface area contributed by atoms with Gasteiger partial charge in [-0.2, -0.15) is 0 Å². The molecule has 0 fully saturated rings. The summed E-state index contributed by atoms with van der Waals surface area (Å²) in [4.78, 5) is 4.17. The van der Waals surface area contributed by atoms with Gasteiger partial charge >= 0.3 is 16.5 Å². The van der Waals surface area contributed by atoms with Crippen LogP contribution in [0.3, 0.4) is 0 Å². The molecule has 2 nitrogen and oxygen atoms in total. The average Bonchev–Trinajstić information content (AvgIpc) is 3.10. The monoisotopic (exact) mass is 770 g/mol. The van der Waals surface area contributed by atoms with Crippen LogP contribution in [0.1, 0.15) is 101 Å². The summed E-state index contributed by atoms with van der Waals surface area (Å²) < 4.78 is 0.978. The predicted molar refractivity (Wildman–Crippen MR) is 224 cm³/mol. The summed E-state index contributed by atoms with van der Waals surface area (Å²) >= 11 is 21.9. The van der Waals surface area contributed by atoms with Crippen LogP contribution in [0.4, 0.5) is 22.7 Å². The number of rotatable bonds is 16. The Morgan fingerprint density at radius 2 is 0.633 bits per heavy atom. The van der Waals surface area contributed by atoms with Crippen LogP contribution in [0, 0.1) is 0 Å². The van der Waals surface area contributed by atoms with Crippen LogP contribution in [-0.2, 0) is 67.4 Å². The summed E-state index contributed by atoms with van der Waals surface area (Å²) in [6, 6.07) is 34.0. The maximum atomic E-state index is 5.47. The molecule has 49 heavy (non-hydrogen) atoms. The van der Waals surface area contributed by atoms with Crippen LogP contribution >= 0.6 is 24.4 Å². The van der Waals surface area contributed by atoms with Gasteiger partial charge in [-0.25, -0.2) is 0 Å². The minimum atomic E-state index is 0. The van der Waals surface area contributed by atoms with Gasteiger partial charge in [-0.1, -0.05) is 135 Å². The van der Waals surface area contributed by atoms with E-state index >= 15 is 0 Å². The smallest absolute Gasteiger partial charge is 0.411 e. The molecule has 0 aromatic heterocycles. The Morgan fingerprint density at radius 1 is 0.429 bits per heavy atom. The third kappa shape index (κ3) is 13.0. The number of benzene rings is 4. The molecular formula is C42H52N2NiS4. The molecule has 0 bridgehead atoms. The third-order valence-electron chi connectivity index (χ3n) is 8.49. The predicted octanol–water partition coefficient (Wildman–Crippen LogP) is 12.7. The number of para-hydroxylation sites is 4. The van der Waals surface area contributed by atoms with Crippen molar-refractivity contribution in [3.05, 3.63) is 119 Å². The van der Waals surface area contributed by atoms with Crippen molar-refractivity contribution in [2.45, 2.75) is 105 Å². The Morgan fingerprint density at radius 3 is 0.816 bits per heavy atom. The summed E-state index contributed by atoms with van der Waals surface area (Å²) in [5.41, 5.74) is 9.80. The first kappa shape index (κ1) is 42.8. The number of unbranched alkanes of at least 4 members (excludes halogenated alkanes) is 4. The SMILES string of the molecule is CCCCc1ccccc1N(C(=S)[S-])c1ccccc1CCCC.CCCCc1ccccc1N(C(=S)[S-])c1ccccc1CCCC.[Ni+2]. The molecule has 0 heterocycles. The standard InChI is InChI=1S/2C21H27NS2.Ni/c2*1-3-5-11-17-13-7-9-15-19(17)22(21(23)24)20-16-10-8-14-18(20)12-6-4-2;/h2*7-10,13-16H,3-6,11-12H2,1-2H3,(H,23,24);/q;;+2/p-2. The number of aryl methyl sites for hydroxylation is 4. The topological polar surface area (TPSA) is 6.48 Å². The fourth-order valence-corrected chi connectivity index (χ4v) is 6.67. The fourth-order valence-electron chi connectivity index (χ4n) is 5.88. The zero-order chi connectivity index (χ0) is 34.7. The second kappa shape index (κ2) is 23.9. The van der Waals surface area contributed by atoms with Gasteiger partial charge in [-0.3, -0.25) is 0 Å². The maximum absolute atomic E-state index is 5.47. The molecule has 0 saturated carbocycles. The van der Waals surface area contributed by atoms with Crippen LogP contribution in [0.2, 0.25) is 0 Å². The van der Waals surface area contributed by atoms with E-state index < -0.39 is 0 Å². The molecule has 0 radical (unpaired) electrons. The Kier molecular flexibility index (Phi) is 20.9. The Bertz CT molecular complexity index is 1350. The normalized spacial score (nSPS) is 10.4. The molecule has 4 rings (SSSR count). The second-order valence-electron chi connectivity index (χ2n) is 12.1. The Labute approximate surface area is 329 Å². The van der Waals surface area contributed by atoms with E-state index in [9.17, 15) is 0 Å². The molecule has 0 aliphatic rings. The molecule has 264 valence electrons. The molecule has 7 heteroatoms. The van der Waals surface area contributed by atoms with E-state index in [-0.39, 0.29) is 16.5 Å².